The van der Waals surface area contributed by atoms with E-state index < -0.39 is 0 Å². The summed E-state index contributed by atoms with van der Waals surface area (Å²) in [7, 11) is 0. The van der Waals surface area contributed by atoms with Gasteiger partial charge in [0.1, 0.15) is 5.75 Å². The van der Waals surface area contributed by atoms with Crippen molar-refractivity contribution in [3.05, 3.63) is 59.2 Å². The molecule has 2 aromatic carbocycles. The molecule has 0 spiro atoms. The highest BCUT2D eigenvalue weighted by Crippen LogP contribution is 2.20. The van der Waals surface area contributed by atoms with Crippen LogP contribution in [0, 0.1) is 13.8 Å². The van der Waals surface area contributed by atoms with Crippen molar-refractivity contribution in [1.29, 1.82) is 0 Å². The molecule has 2 rings (SSSR count). The fourth-order valence-electron chi connectivity index (χ4n) is 2.40. The van der Waals surface area contributed by atoms with Gasteiger partial charge in [0.15, 0.2) is 0 Å². The van der Waals surface area contributed by atoms with Gasteiger partial charge in [0.2, 0.25) is 0 Å². The van der Waals surface area contributed by atoms with Gasteiger partial charge in [-0.3, -0.25) is 4.79 Å². The predicted octanol–water partition coefficient (Wildman–Crippen LogP) is 4.56. The average Bonchev–Trinajstić information content (AvgIpc) is 2.60. The Kier molecular flexibility index (Phi) is 6.53. The molecule has 5 heteroatoms. The lowest BCUT2D eigenvalue weighted by Crippen LogP contribution is -2.32. The molecule has 0 atom stereocenters. The van der Waals surface area contributed by atoms with Gasteiger partial charge in [-0.05, 0) is 81.4 Å². The zero-order chi connectivity index (χ0) is 18.4. The SMILES string of the molecule is CCN(CC)C(=S)Oc1ccc(C(=O)Nc2cccc(C)c2C)cc1. The first-order valence-corrected chi connectivity index (χ1v) is 8.81. The van der Waals surface area contributed by atoms with E-state index in [0.717, 1.165) is 29.9 Å². The summed E-state index contributed by atoms with van der Waals surface area (Å²) in [4.78, 5) is 14.4. The van der Waals surface area contributed by atoms with E-state index in [1.807, 2.05) is 50.8 Å². The normalized spacial score (nSPS) is 10.2. The third kappa shape index (κ3) is 4.79. The quantitative estimate of drug-likeness (QED) is 0.798. The monoisotopic (exact) mass is 356 g/mol. The molecule has 0 aliphatic heterocycles. The second kappa shape index (κ2) is 8.62. The number of thiocarbonyl (C=S) groups is 1. The first-order chi connectivity index (χ1) is 12.0. The third-order valence-corrected chi connectivity index (χ3v) is 4.54. The van der Waals surface area contributed by atoms with Gasteiger partial charge in [-0.25, -0.2) is 0 Å². The van der Waals surface area contributed by atoms with E-state index in [2.05, 4.69) is 5.32 Å². The Labute approximate surface area is 154 Å². The van der Waals surface area contributed by atoms with Crippen LogP contribution in [0.3, 0.4) is 0 Å². The minimum atomic E-state index is -0.147. The van der Waals surface area contributed by atoms with Crippen molar-refractivity contribution in [3.8, 4) is 5.75 Å². The van der Waals surface area contributed by atoms with Crippen LogP contribution in [0.2, 0.25) is 0 Å². The van der Waals surface area contributed by atoms with Crippen LogP contribution in [0.15, 0.2) is 42.5 Å². The fraction of sp³-hybridized carbons (Fsp3) is 0.300. The van der Waals surface area contributed by atoms with E-state index in [4.69, 9.17) is 17.0 Å². The molecule has 0 fully saturated rings. The van der Waals surface area contributed by atoms with Crippen LogP contribution in [0.25, 0.3) is 0 Å². The van der Waals surface area contributed by atoms with Crippen molar-refractivity contribution in [1.82, 2.24) is 4.90 Å². The lowest BCUT2D eigenvalue weighted by molar-refractivity contribution is 0.102. The largest absolute Gasteiger partial charge is 0.432 e. The Bertz CT molecular complexity index is 753. The summed E-state index contributed by atoms with van der Waals surface area (Å²) >= 11 is 5.28. The Hall–Kier alpha value is -2.40. The maximum Gasteiger partial charge on any atom is 0.264 e. The second-order valence-electron chi connectivity index (χ2n) is 5.77. The van der Waals surface area contributed by atoms with Crippen molar-refractivity contribution in [2.24, 2.45) is 0 Å². The molecule has 1 amide bonds. The Balaban J connectivity index is 2.05. The number of rotatable bonds is 5. The number of nitrogens with one attached hydrogen (secondary N) is 1. The van der Waals surface area contributed by atoms with Crippen LogP contribution >= 0.6 is 12.2 Å². The zero-order valence-corrected chi connectivity index (χ0v) is 15.9. The molecule has 2 aromatic rings. The first kappa shape index (κ1) is 18.9. The molecule has 0 aliphatic rings. The molecule has 0 unspecified atom stereocenters. The van der Waals surface area contributed by atoms with Crippen LogP contribution in [0.5, 0.6) is 5.75 Å². The van der Waals surface area contributed by atoms with Gasteiger partial charge < -0.3 is 15.0 Å². The fourth-order valence-corrected chi connectivity index (χ4v) is 2.76. The number of benzene rings is 2. The van der Waals surface area contributed by atoms with E-state index in [1.165, 1.54) is 0 Å². The molecule has 0 heterocycles. The van der Waals surface area contributed by atoms with Crippen LogP contribution in [-0.2, 0) is 0 Å². The summed E-state index contributed by atoms with van der Waals surface area (Å²) in [5.41, 5.74) is 3.61. The van der Waals surface area contributed by atoms with Crippen molar-refractivity contribution in [2.45, 2.75) is 27.7 Å². The second-order valence-corrected chi connectivity index (χ2v) is 6.12. The van der Waals surface area contributed by atoms with Crippen molar-refractivity contribution >= 4 is 29.0 Å². The highest BCUT2D eigenvalue weighted by atomic mass is 32.1. The minimum absolute atomic E-state index is 0.147. The van der Waals surface area contributed by atoms with Gasteiger partial charge >= 0.3 is 0 Å². The number of hydrogen-bond donors (Lipinski definition) is 1. The minimum Gasteiger partial charge on any atom is -0.432 e. The highest BCUT2D eigenvalue weighted by molar-refractivity contribution is 7.80. The Morgan fingerprint density at radius 3 is 2.32 bits per heavy atom. The summed E-state index contributed by atoms with van der Waals surface area (Å²) in [5, 5.41) is 3.39. The van der Waals surface area contributed by atoms with Crippen LogP contribution in [0.4, 0.5) is 5.69 Å². The highest BCUT2D eigenvalue weighted by Gasteiger charge is 2.11. The van der Waals surface area contributed by atoms with Crippen molar-refractivity contribution in [3.63, 3.8) is 0 Å². The molecule has 0 radical (unpaired) electrons. The number of hydrogen-bond acceptors (Lipinski definition) is 3. The molecule has 0 saturated carbocycles. The van der Waals surface area contributed by atoms with Crippen LogP contribution < -0.4 is 10.1 Å². The number of anilines is 1. The van der Waals surface area contributed by atoms with E-state index in [9.17, 15) is 4.79 Å². The molecule has 0 aliphatic carbocycles. The Morgan fingerprint density at radius 1 is 1.08 bits per heavy atom. The van der Waals surface area contributed by atoms with Crippen LogP contribution in [-0.4, -0.2) is 29.1 Å². The molecule has 0 saturated heterocycles. The van der Waals surface area contributed by atoms with Gasteiger partial charge in [-0.1, -0.05) is 12.1 Å². The topological polar surface area (TPSA) is 41.6 Å². The molecule has 4 nitrogen and oxygen atoms in total. The van der Waals surface area contributed by atoms with E-state index in [1.54, 1.807) is 24.3 Å². The number of nitrogens with zero attached hydrogens (tertiary/aromatic N) is 1. The third-order valence-electron chi connectivity index (χ3n) is 4.20. The van der Waals surface area contributed by atoms with Gasteiger partial charge in [-0.2, -0.15) is 0 Å². The number of ether oxygens (including phenoxy) is 1. The lowest BCUT2D eigenvalue weighted by atomic mass is 10.1. The van der Waals surface area contributed by atoms with Crippen LogP contribution in [0.1, 0.15) is 35.3 Å². The maximum atomic E-state index is 12.4. The average molecular weight is 356 g/mol. The number of amides is 1. The lowest BCUT2D eigenvalue weighted by Gasteiger charge is -2.21. The molecule has 0 aromatic heterocycles. The van der Waals surface area contributed by atoms with Gasteiger partial charge in [0.05, 0.1) is 0 Å². The molecule has 25 heavy (non-hydrogen) atoms. The smallest absolute Gasteiger partial charge is 0.264 e. The molecule has 132 valence electrons. The molecule has 1 N–H and O–H groups in total. The number of aryl methyl sites for hydroxylation is 1. The van der Waals surface area contributed by atoms with E-state index in [-0.39, 0.29) is 5.91 Å². The van der Waals surface area contributed by atoms with Crippen molar-refractivity contribution < 1.29 is 9.53 Å². The summed E-state index contributed by atoms with van der Waals surface area (Å²) in [6.07, 6.45) is 0. The maximum absolute atomic E-state index is 12.4. The summed E-state index contributed by atoms with van der Waals surface area (Å²) in [6, 6.07) is 12.8. The molecular formula is C20H24N2O2S. The summed E-state index contributed by atoms with van der Waals surface area (Å²) in [6.45, 7) is 9.67. The predicted molar refractivity (Wildman–Crippen MR) is 106 cm³/mol. The standard InChI is InChI=1S/C20H24N2O2S/c1-5-22(6-2)20(25)24-17-12-10-16(11-13-17)19(23)21-18-9-7-8-14(3)15(18)4/h7-13H,5-6H2,1-4H3,(H,21,23). The van der Waals surface area contributed by atoms with E-state index >= 15 is 0 Å². The zero-order valence-electron chi connectivity index (χ0n) is 15.1. The first-order valence-electron chi connectivity index (χ1n) is 8.40. The molecular weight excluding hydrogens is 332 g/mol. The summed E-state index contributed by atoms with van der Waals surface area (Å²) < 4.78 is 5.67. The Morgan fingerprint density at radius 2 is 1.72 bits per heavy atom. The van der Waals surface area contributed by atoms with Gasteiger partial charge in [-0.15, -0.1) is 0 Å². The number of carbonyl (C=O) groups is 1. The number of carbonyl (C=O) groups excluding carboxylic acids is 1. The molecule has 0 bridgehead atoms. The van der Waals surface area contributed by atoms with Gasteiger partial charge in [0.25, 0.3) is 11.1 Å². The van der Waals surface area contributed by atoms with Crippen molar-refractivity contribution in [2.75, 3.05) is 18.4 Å². The van der Waals surface area contributed by atoms with Gasteiger partial charge in [0, 0.05) is 24.3 Å². The summed E-state index contributed by atoms with van der Waals surface area (Å²) in [5.74, 6) is 0.478. The van der Waals surface area contributed by atoms with E-state index in [0.29, 0.717) is 16.5 Å².